The SMILES string of the molecule is O=C(O)c1cc2c(F)nn(F)c2cc1O. The van der Waals surface area contributed by atoms with Gasteiger partial charge in [0.1, 0.15) is 16.8 Å². The Morgan fingerprint density at radius 2 is 2.13 bits per heavy atom. The van der Waals surface area contributed by atoms with Crippen molar-refractivity contribution in [1.82, 2.24) is 10.0 Å². The van der Waals surface area contributed by atoms with Crippen molar-refractivity contribution in [2.45, 2.75) is 0 Å². The number of carboxylic acids is 1. The smallest absolute Gasteiger partial charge is 0.339 e. The first-order valence-electron chi connectivity index (χ1n) is 3.81. The molecular formula is C8H4F2N2O3. The molecule has 0 aliphatic rings. The number of carbonyl (C=O) groups is 1. The van der Waals surface area contributed by atoms with Gasteiger partial charge in [-0.15, -0.1) is 5.10 Å². The van der Waals surface area contributed by atoms with Crippen molar-refractivity contribution in [1.29, 1.82) is 0 Å². The zero-order valence-corrected chi connectivity index (χ0v) is 7.11. The second-order valence-corrected chi connectivity index (χ2v) is 2.84. The predicted octanol–water partition coefficient (Wildman–Crippen LogP) is 1.31. The first-order chi connectivity index (χ1) is 7.00. The van der Waals surface area contributed by atoms with Crippen molar-refractivity contribution in [3.63, 3.8) is 0 Å². The molecular weight excluding hydrogens is 210 g/mol. The quantitative estimate of drug-likeness (QED) is 0.750. The highest BCUT2D eigenvalue weighted by atomic mass is 19.2. The fourth-order valence-corrected chi connectivity index (χ4v) is 1.25. The Balaban J connectivity index is 2.85. The number of hydrogen-bond donors (Lipinski definition) is 2. The van der Waals surface area contributed by atoms with Crippen molar-refractivity contribution >= 4 is 16.9 Å². The van der Waals surface area contributed by atoms with E-state index in [1.165, 1.54) is 0 Å². The minimum Gasteiger partial charge on any atom is -0.507 e. The number of carboxylic acid groups (broad SMARTS) is 1. The van der Waals surface area contributed by atoms with Crippen LogP contribution in [0.15, 0.2) is 12.1 Å². The van der Waals surface area contributed by atoms with E-state index < -0.39 is 23.2 Å². The van der Waals surface area contributed by atoms with E-state index in [4.69, 9.17) is 5.11 Å². The van der Waals surface area contributed by atoms with Crippen LogP contribution in [-0.2, 0) is 0 Å². The first kappa shape index (κ1) is 9.38. The third kappa shape index (κ3) is 1.28. The van der Waals surface area contributed by atoms with Crippen molar-refractivity contribution in [3.05, 3.63) is 23.6 Å². The summed E-state index contributed by atoms with van der Waals surface area (Å²) in [7, 11) is 0. The average Bonchev–Trinajstić information content (AvgIpc) is 2.41. The Kier molecular flexibility index (Phi) is 1.82. The number of benzene rings is 1. The fraction of sp³-hybridized carbons (Fsp3) is 0. The number of hydrogen-bond acceptors (Lipinski definition) is 3. The summed E-state index contributed by atoms with van der Waals surface area (Å²) in [5.41, 5.74) is -0.829. The monoisotopic (exact) mass is 214 g/mol. The molecule has 2 N–H and O–H groups in total. The second-order valence-electron chi connectivity index (χ2n) is 2.84. The van der Waals surface area contributed by atoms with E-state index in [0.717, 1.165) is 12.1 Å². The molecule has 78 valence electrons. The number of rotatable bonds is 1. The minimum absolute atomic E-state index is 0.268. The largest absolute Gasteiger partial charge is 0.507 e. The molecule has 0 bridgehead atoms. The van der Waals surface area contributed by atoms with Crippen molar-refractivity contribution in [2.24, 2.45) is 0 Å². The van der Waals surface area contributed by atoms with E-state index >= 15 is 0 Å². The lowest BCUT2D eigenvalue weighted by Crippen LogP contribution is -1.96. The van der Waals surface area contributed by atoms with E-state index in [9.17, 15) is 18.8 Å². The summed E-state index contributed by atoms with van der Waals surface area (Å²) >= 11 is 0. The molecule has 0 unspecified atom stereocenters. The maximum Gasteiger partial charge on any atom is 0.339 e. The van der Waals surface area contributed by atoms with E-state index in [1.807, 2.05) is 0 Å². The molecule has 2 aromatic rings. The van der Waals surface area contributed by atoms with Gasteiger partial charge in [0.2, 0.25) is 5.95 Å². The number of phenols is 1. The highest BCUT2D eigenvalue weighted by Crippen LogP contribution is 2.26. The maximum atomic E-state index is 12.9. The molecule has 0 amide bonds. The van der Waals surface area contributed by atoms with Gasteiger partial charge < -0.3 is 10.2 Å². The number of fused-ring (bicyclic) bond motifs is 1. The molecule has 7 heteroatoms. The minimum atomic E-state index is -1.43. The number of aromatic carboxylic acids is 1. The van der Waals surface area contributed by atoms with Crippen LogP contribution in [0.1, 0.15) is 10.4 Å². The summed E-state index contributed by atoms with van der Waals surface area (Å²) in [5.74, 6) is -3.20. The topological polar surface area (TPSA) is 75.3 Å². The maximum absolute atomic E-state index is 12.9. The molecule has 0 fully saturated rings. The number of aromatic hydroxyl groups is 1. The zero-order chi connectivity index (χ0) is 11.2. The molecule has 5 nitrogen and oxygen atoms in total. The Labute approximate surface area is 81.1 Å². The van der Waals surface area contributed by atoms with Crippen LogP contribution in [0.5, 0.6) is 5.75 Å². The van der Waals surface area contributed by atoms with Gasteiger partial charge in [-0.1, -0.05) is 9.39 Å². The van der Waals surface area contributed by atoms with Gasteiger partial charge in [-0.05, 0) is 6.07 Å². The standard InChI is InChI=1S/C8H4F2N2O3/c9-7-3-1-4(8(14)15)6(13)2-5(3)12(10)11-7/h1-2,13H,(H,14,15). The van der Waals surface area contributed by atoms with Crippen LogP contribution in [0.25, 0.3) is 10.9 Å². The number of aromatic nitrogens is 2. The molecule has 0 aliphatic heterocycles. The lowest BCUT2D eigenvalue weighted by molar-refractivity contribution is 0.0694. The van der Waals surface area contributed by atoms with Crippen LogP contribution in [0.4, 0.5) is 8.87 Å². The van der Waals surface area contributed by atoms with Gasteiger partial charge in [-0.25, -0.2) is 4.79 Å². The third-order valence-corrected chi connectivity index (χ3v) is 1.94. The number of nitrogens with zero attached hydrogens (tertiary/aromatic N) is 2. The van der Waals surface area contributed by atoms with E-state index in [-0.39, 0.29) is 15.8 Å². The van der Waals surface area contributed by atoms with Gasteiger partial charge in [0.15, 0.2) is 0 Å². The summed E-state index contributed by atoms with van der Waals surface area (Å²) in [5, 5.41) is 20.3. The Hall–Kier alpha value is -2.18. The van der Waals surface area contributed by atoms with Crippen LogP contribution in [0, 0.1) is 5.95 Å². The molecule has 0 saturated carbocycles. The van der Waals surface area contributed by atoms with Crippen LogP contribution in [0.2, 0.25) is 0 Å². The molecule has 1 heterocycles. The Morgan fingerprint density at radius 1 is 1.47 bits per heavy atom. The van der Waals surface area contributed by atoms with Crippen molar-refractivity contribution in [3.8, 4) is 5.75 Å². The fourth-order valence-electron chi connectivity index (χ4n) is 1.25. The van der Waals surface area contributed by atoms with E-state index in [2.05, 4.69) is 5.10 Å². The van der Waals surface area contributed by atoms with Gasteiger partial charge in [0.25, 0.3) is 0 Å². The molecule has 0 saturated heterocycles. The molecule has 0 aliphatic carbocycles. The number of halogens is 2. The molecule has 2 rings (SSSR count). The lowest BCUT2D eigenvalue weighted by atomic mass is 10.1. The summed E-state index contributed by atoms with van der Waals surface area (Å²) < 4.78 is 25.8. The van der Waals surface area contributed by atoms with Crippen LogP contribution >= 0.6 is 0 Å². The Morgan fingerprint density at radius 3 is 2.73 bits per heavy atom. The van der Waals surface area contributed by atoms with Gasteiger partial charge in [-0.3, -0.25) is 0 Å². The summed E-state index contributed by atoms with van der Waals surface area (Å²) in [6.07, 6.45) is 0. The molecule has 15 heavy (non-hydrogen) atoms. The van der Waals surface area contributed by atoms with Gasteiger partial charge >= 0.3 is 5.97 Å². The summed E-state index contributed by atoms with van der Waals surface area (Å²) in [6.45, 7) is 0. The van der Waals surface area contributed by atoms with Crippen molar-refractivity contribution < 1.29 is 23.9 Å². The van der Waals surface area contributed by atoms with Gasteiger partial charge in [-0.2, -0.15) is 4.39 Å². The highest BCUT2D eigenvalue weighted by molar-refractivity contribution is 5.96. The lowest BCUT2D eigenvalue weighted by Gasteiger charge is -1.98. The molecule has 1 aromatic carbocycles. The van der Waals surface area contributed by atoms with Crippen LogP contribution in [0.3, 0.4) is 0 Å². The average molecular weight is 214 g/mol. The van der Waals surface area contributed by atoms with Crippen molar-refractivity contribution in [2.75, 3.05) is 0 Å². The third-order valence-electron chi connectivity index (χ3n) is 1.94. The highest BCUT2D eigenvalue weighted by Gasteiger charge is 2.17. The Bertz CT molecular complexity index is 565. The van der Waals surface area contributed by atoms with Crippen LogP contribution < -0.4 is 0 Å². The molecule has 1 aromatic heterocycles. The van der Waals surface area contributed by atoms with Gasteiger partial charge in [0, 0.05) is 6.07 Å². The normalized spacial score (nSPS) is 10.8. The van der Waals surface area contributed by atoms with E-state index in [1.54, 1.807) is 0 Å². The van der Waals surface area contributed by atoms with E-state index in [0.29, 0.717) is 0 Å². The molecule has 0 spiro atoms. The second kappa shape index (κ2) is 2.91. The molecule has 0 atom stereocenters. The molecule has 0 radical (unpaired) electrons. The summed E-state index contributed by atoms with van der Waals surface area (Å²) in [6, 6.07) is 1.63. The summed E-state index contributed by atoms with van der Waals surface area (Å²) in [4.78, 5) is 10.3. The zero-order valence-electron chi connectivity index (χ0n) is 7.11. The van der Waals surface area contributed by atoms with Gasteiger partial charge in [0.05, 0.1) is 5.39 Å². The van der Waals surface area contributed by atoms with Crippen LogP contribution in [-0.4, -0.2) is 26.2 Å². The first-order valence-corrected chi connectivity index (χ1v) is 3.81. The predicted molar refractivity (Wildman–Crippen MR) is 44.8 cm³/mol.